The number of hydrogen-bond acceptors (Lipinski definition) is 3. The van der Waals surface area contributed by atoms with Gasteiger partial charge in [0.2, 0.25) is 0 Å². The minimum Gasteiger partial charge on any atom is -0.318 e. The van der Waals surface area contributed by atoms with Gasteiger partial charge in [-0.15, -0.1) is 0 Å². The van der Waals surface area contributed by atoms with Crippen molar-refractivity contribution in [2.24, 2.45) is 11.1 Å². The summed E-state index contributed by atoms with van der Waals surface area (Å²) in [4.78, 5) is 15.6. The minimum atomic E-state index is -0.137. The van der Waals surface area contributed by atoms with Gasteiger partial charge in [0.15, 0.2) is 0 Å². The number of nitrogens with zero attached hydrogens (tertiary/aromatic N) is 1. The Morgan fingerprint density at radius 2 is 2.27 bits per heavy atom. The average molecular weight is 153 g/mol. The monoisotopic (exact) mass is 153 g/mol. The summed E-state index contributed by atoms with van der Waals surface area (Å²) in [5.41, 5.74) is 0.979. The van der Waals surface area contributed by atoms with Crippen LogP contribution in [0.3, 0.4) is 0 Å². The summed E-state index contributed by atoms with van der Waals surface area (Å²) >= 11 is 0. The normalized spacial score (nSPS) is 30.4. The second-order valence-electron chi connectivity index (χ2n) is 3.14. The molecule has 0 bridgehead atoms. The van der Waals surface area contributed by atoms with E-state index in [1.165, 1.54) is 6.42 Å². The van der Waals surface area contributed by atoms with Crippen LogP contribution in [-0.4, -0.2) is 11.7 Å². The van der Waals surface area contributed by atoms with E-state index in [1.807, 2.05) is 0 Å². The standard InChI is InChI=1S/C8H11NO2/c10-8-6-4-2-1-3-5-7(6)9-11-8/h6H,1-5H2. The third-order valence-corrected chi connectivity index (χ3v) is 2.37. The van der Waals surface area contributed by atoms with Crippen molar-refractivity contribution in [3.05, 3.63) is 0 Å². The number of hydrogen-bond donors (Lipinski definition) is 0. The number of rotatable bonds is 0. The Labute approximate surface area is 65.4 Å². The van der Waals surface area contributed by atoms with Gasteiger partial charge >= 0.3 is 5.97 Å². The van der Waals surface area contributed by atoms with Crippen molar-refractivity contribution < 1.29 is 9.63 Å². The fourth-order valence-corrected chi connectivity index (χ4v) is 1.70. The molecule has 2 aliphatic rings. The molecule has 1 heterocycles. The van der Waals surface area contributed by atoms with Crippen LogP contribution < -0.4 is 0 Å². The van der Waals surface area contributed by atoms with Gasteiger partial charge < -0.3 is 4.84 Å². The van der Waals surface area contributed by atoms with Crippen LogP contribution in [0.5, 0.6) is 0 Å². The van der Waals surface area contributed by atoms with Crippen LogP contribution in [-0.2, 0) is 9.63 Å². The summed E-state index contributed by atoms with van der Waals surface area (Å²) in [5.74, 6) is -0.126. The molecule has 1 unspecified atom stereocenters. The third-order valence-electron chi connectivity index (χ3n) is 2.37. The molecule has 2 rings (SSSR count). The highest BCUT2D eigenvalue weighted by molar-refractivity contribution is 6.05. The Hall–Kier alpha value is -0.860. The van der Waals surface area contributed by atoms with E-state index in [0.29, 0.717) is 0 Å². The van der Waals surface area contributed by atoms with Crippen LogP contribution in [0.1, 0.15) is 32.1 Å². The Kier molecular flexibility index (Phi) is 1.64. The predicted molar refractivity (Wildman–Crippen MR) is 40.1 cm³/mol. The average Bonchev–Trinajstić information content (AvgIpc) is 2.25. The molecule has 1 aliphatic carbocycles. The quantitative estimate of drug-likeness (QED) is 0.494. The van der Waals surface area contributed by atoms with Gasteiger partial charge in [0.05, 0.1) is 5.71 Å². The van der Waals surface area contributed by atoms with Crippen LogP contribution in [0.15, 0.2) is 5.16 Å². The first-order valence-electron chi connectivity index (χ1n) is 4.15. The molecule has 0 N–H and O–H groups in total. The molecule has 1 fully saturated rings. The van der Waals surface area contributed by atoms with E-state index < -0.39 is 0 Å². The fraction of sp³-hybridized carbons (Fsp3) is 0.750. The molecule has 11 heavy (non-hydrogen) atoms. The lowest BCUT2D eigenvalue weighted by molar-refractivity contribution is -0.143. The van der Waals surface area contributed by atoms with E-state index in [9.17, 15) is 4.79 Å². The maximum absolute atomic E-state index is 11.0. The molecule has 0 radical (unpaired) electrons. The predicted octanol–water partition coefficient (Wildman–Crippen LogP) is 1.48. The number of carbonyl (C=O) groups is 1. The van der Waals surface area contributed by atoms with Gasteiger partial charge in [-0.05, 0) is 19.3 Å². The van der Waals surface area contributed by atoms with Crippen molar-refractivity contribution in [3.8, 4) is 0 Å². The van der Waals surface area contributed by atoms with Crippen molar-refractivity contribution in [3.63, 3.8) is 0 Å². The maximum Gasteiger partial charge on any atom is 0.343 e. The first-order chi connectivity index (χ1) is 5.38. The van der Waals surface area contributed by atoms with Crippen molar-refractivity contribution in [1.82, 2.24) is 0 Å². The van der Waals surface area contributed by atoms with E-state index in [-0.39, 0.29) is 11.9 Å². The first-order valence-corrected chi connectivity index (χ1v) is 4.15. The Bertz CT molecular complexity index is 210. The van der Waals surface area contributed by atoms with Gasteiger partial charge in [-0.3, -0.25) is 0 Å². The minimum absolute atomic E-state index is 0.0116. The zero-order chi connectivity index (χ0) is 7.68. The molecule has 0 amide bonds. The highest BCUT2D eigenvalue weighted by Gasteiger charge is 2.32. The van der Waals surface area contributed by atoms with Gasteiger partial charge in [0.25, 0.3) is 0 Å². The van der Waals surface area contributed by atoms with Gasteiger partial charge in [-0.1, -0.05) is 18.0 Å². The van der Waals surface area contributed by atoms with Gasteiger partial charge in [-0.25, -0.2) is 4.79 Å². The number of carbonyl (C=O) groups excluding carboxylic acids is 1. The van der Waals surface area contributed by atoms with Crippen LogP contribution >= 0.6 is 0 Å². The highest BCUT2D eigenvalue weighted by Crippen LogP contribution is 2.25. The summed E-state index contributed by atoms with van der Waals surface area (Å²) in [6, 6.07) is 0. The van der Waals surface area contributed by atoms with Crippen LogP contribution in [0.4, 0.5) is 0 Å². The molecular formula is C8H11NO2. The largest absolute Gasteiger partial charge is 0.343 e. The molecule has 60 valence electrons. The lowest BCUT2D eigenvalue weighted by atomic mass is 9.99. The number of oxime groups is 1. The van der Waals surface area contributed by atoms with E-state index in [0.717, 1.165) is 31.4 Å². The smallest absolute Gasteiger partial charge is 0.318 e. The molecule has 1 aliphatic heterocycles. The lowest BCUT2D eigenvalue weighted by Crippen LogP contribution is -2.16. The van der Waals surface area contributed by atoms with Crippen molar-refractivity contribution >= 4 is 11.7 Å². The molecule has 3 nitrogen and oxygen atoms in total. The first kappa shape index (κ1) is 6.83. The van der Waals surface area contributed by atoms with E-state index >= 15 is 0 Å². The SMILES string of the molecule is O=C1ON=C2CCCCCC12. The summed E-state index contributed by atoms with van der Waals surface area (Å²) in [5, 5.41) is 3.77. The van der Waals surface area contributed by atoms with E-state index in [1.54, 1.807) is 0 Å². The number of fused-ring (bicyclic) bond motifs is 1. The van der Waals surface area contributed by atoms with Crippen LogP contribution in [0, 0.1) is 5.92 Å². The third kappa shape index (κ3) is 1.15. The second-order valence-corrected chi connectivity index (χ2v) is 3.14. The molecule has 0 spiro atoms. The molecule has 0 aromatic heterocycles. The molecule has 3 heteroatoms. The molecule has 0 aromatic rings. The Morgan fingerprint density at radius 1 is 1.36 bits per heavy atom. The molecular weight excluding hydrogens is 142 g/mol. The molecule has 0 aromatic carbocycles. The van der Waals surface area contributed by atoms with Crippen LogP contribution in [0.25, 0.3) is 0 Å². The maximum atomic E-state index is 11.0. The Balaban J connectivity index is 2.15. The van der Waals surface area contributed by atoms with Gasteiger partial charge in [0, 0.05) is 0 Å². The molecule has 0 saturated heterocycles. The fourth-order valence-electron chi connectivity index (χ4n) is 1.70. The Morgan fingerprint density at radius 3 is 3.18 bits per heavy atom. The van der Waals surface area contributed by atoms with Gasteiger partial charge in [-0.2, -0.15) is 0 Å². The zero-order valence-corrected chi connectivity index (χ0v) is 6.38. The topological polar surface area (TPSA) is 38.7 Å². The van der Waals surface area contributed by atoms with Crippen molar-refractivity contribution in [1.29, 1.82) is 0 Å². The van der Waals surface area contributed by atoms with Crippen molar-refractivity contribution in [2.75, 3.05) is 0 Å². The van der Waals surface area contributed by atoms with E-state index in [4.69, 9.17) is 0 Å². The molecule has 1 atom stereocenters. The summed E-state index contributed by atoms with van der Waals surface area (Å²) in [6.07, 6.45) is 5.42. The van der Waals surface area contributed by atoms with Gasteiger partial charge in [0.1, 0.15) is 5.92 Å². The highest BCUT2D eigenvalue weighted by atomic mass is 16.7. The summed E-state index contributed by atoms with van der Waals surface area (Å²) < 4.78 is 0. The summed E-state index contributed by atoms with van der Waals surface area (Å²) in [6.45, 7) is 0. The lowest BCUT2D eigenvalue weighted by Gasteiger charge is -2.00. The second kappa shape index (κ2) is 2.64. The van der Waals surface area contributed by atoms with Crippen LogP contribution in [0.2, 0.25) is 0 Å². The summed E-state index contributed by atoms with van der Waals surface area (Å²) in [7, 11) is 0. The zero-order valence-electron chi connectivity index (χ0n) is 6.38. The van der Waals surface area contributed by atoms with E-state index in [2.05, 4.69) is 9.99 Å². The van der Waals surface area contributed by atoms with Crippen molar-refractivity contribution in [2.45, 2.75) is 32.1 Å². The molecule has 1 saturated carbocycles.